The number of halogens is 1. The fraction of sp³-hybridized carbons (Fsp3) is 0.625. The van der Waals surface area contributed by atoms with Gasteiger partial charge in [-0.05, 0) is 50.0 Å². The van der Waals surface area contributed by atoms with E-state index < -0.39 is 0 Å². The van der Waals surface area contributed by atoms with Crippen LogP contribution in [0.25, 0.3) is 0 Å². The summed E-state index contributed by atoms with van der Waals surface area (Å²) in [6.45, 7) is 7.76. The van der Waals surface area contributed by atoms with Gasteiger partial charge in [0.05, 0.1) is 0 Å². The van der Waals surface area contributed by atoms with Gasteiger partial charge in [0.15, 0.2) is 11.5 Å². The molecule has 116 valence electrons. The lowest BCUT2D eigenvalue weighted by Crippen LogP contribution is -2.28. The highest BCUT2D eigenvalue weighted by Gasteiger charge is 2.06. The zero-order chi connectivity index (χ0) is 14.1. The number of phenols is 2. The normalized spacial score (nSPS) is 10.6. The van der Waals surface area contributed by atoms with Gasteiger partial charge >= 0.3 is 0 Å². The van der Waals surface area contributed by atoms with Crippen molar-refractivity contribution in [3.05, 3.63) is 23.8 Å². The van der Waals surface area contributed by atoms with Gasteiger partial charge < -0.3 is 15.1 Å². The zero-order valence-corrected chi connectivity index (χ0v) is 13.5. The van der Waals surface area contributed by atoms with Crippen LogP contribution in [0.15, 0.2) is 18.2 Å². The zero-order valence-electron chi connectivity index (χ0n) is 12.6. The van der Waals surface area contributed by atoms with Crippen molar-refractivity contribution in [1.82, 2.24) is 4.90 Å². The summed E-state index contributed by atoms with van der Waals surface area (Å²) in [5.74, 6) is -0.0660. The summed E-state index contributed by atoms with van der Waals surface area (Å²) in [6, 6.07) is 5.10. The highest BCUT2D eigenvalue weighted by atomic mass is 35.5. The van der Waals surface area contributed by atoms with Crippen LogP contribution in [-0.4, -0.2) is 34.7 Å². The van der Waals surface area contributed by atoms with Gasteiger partial charge in [-0.1, -0.05) is 32.8 Å². The first-order valence-electron chi connectivity index (χ1n) is 7.40. The van der Waals surface area contributed by atoms with Crippen LogP contribution < -0.4 is 0 Å². The lowest BCUT2D eigenvalue weighted by atomic mass is 10.1. The third-order valence-corrected chi connectivity index (χ3v) is 3.41. The van der Waals surface area contributed by atoms with E-state index in [4.69, 9.17) is 0 Å². The Morgan fingerprint density at radius 3 is 2.00 bits per heavy atom. The van der Waals surface area contributed by atoms with Crippen LogP contribution in [0.2, 0.25) is 0 Å². The van der Waals surface area contributed by atoms with Crippen molar-refractivity contribution in [3.63, 3.8) is 0 Å². The van der Waals surface area contributed by atoms with Crippen LogP contribution in [0.5, 0.6) is 11.5 Å². The fourth-order valence-electron chi connectivity index (χ4n) is 2.11. The molecule has 1 aromatic rings. The van der Waals surface area contributed by atoms with Crippen molar-refractivity contribution in [2.75, 3.05) is 19.6 Å². The van der Waals surface area contributed by atoms with Gasteiger partial charge in [0.1, 0.15) is 0 Å². The number of unbranched alkanes of at least 4 members (excludes halogenated alkanes) is 2. The van der Waals surface area contributed by atoms with E-state index in [0.717, 1.165) is 31.6 Å². The molecule has 0 aromatic heterocycles. The smallest absolute Gasteiger partial charge is 0.157 e. The molecule has 0 radical (unpaired) electrons. The monoisotopic (exact) mass is 301 g/mol. The molecule has 0 aliphatic heterocycles. The van der Waals surface area contributed by atoms with Gasteiger partial charge in [0.2, 0.25) is 0 Å². The molecule has 20 heavy (non-hydrogen) atoms. The Morgan fingerprint density at radius 2 is 1.50 bits per heavy atom. The SMILES string of the molecule is CCCCN(CCCC)CCc1ccc(O)c(O)c1.Cl. The molecule has 4 heteroatoms. The Hall–Kier alpha value is -0.930. The van der Waals surface area contributed by atoms with Crippen LogP contribution in [-0.2, 0) is 6.42 Å². The second-order valence-corrected chi connectivity index (χ2v) is 5.12. The molecule has 0 spiro atoms. The van der Waals surface area contributed by atoms with Crippen molar-refractivity contribution in [3.8, 4) is 11.5 Å². The number of rotatable bonds is 9. The third-order valence-electron chi connectivity index (χ3n) is 3.41. The summed E-state index contributed by atoms with van der Waals surface area (Å²) >= 11 is 0. The maximum atomic E-state index is 9.48. The highest BCUT2D eigenvalue weighted by molar-refractivity contribution is 5.85. The van der Waals surface area contributed by atoms with Crippen LogP contribution in [0.4, 0.5) is 0 Å². The summed E-state index contributed by atoms with van der Waals surface area (Å²) in [6.07, 6.45) is 5.85. The molecule has 2 N–H and O–H groups in total. The minimum absolute atomic E-state index is 0. The molecule has 1 aromatic carbocycles. The second kappa shape index (κ2) is 10.8. The quantitative estimate of drug-likeness (QED) is 0.678. The fourth-order valence-corrected chi connectivity index (χ4v) is 2.11. The lowest BCUT2D eigenvalue weighted by Gasteiger charge is -2.22. The molecule has 0 aliphatic rings. The van der Waals surface area contributed by atoms with E-state index >= 15 is 0 Å². The van der Waals surface area contributed by atoms with Gasteiger partial charge in [-0.3, -0.25) is 0 Å². The molecular formula is C16H28ClNO2. The largest absolute Gasteiger partial charge is 0.504 e. The highest BCUT2D eigenvalue weighted by Crippen LogP contribution is 2.25. The summed E-state index contributed by atoms with van der Waals surface area (Å²) in [5, 5.41) is 18.8. The summed E-state index contributed by atoms with van der Waals surface area (Å²) in [4.78, 5) is 2.50. The lowest BCUT2D eigenvalue weighted by molar-refractivity contribution is 0.268. The van der Waals surface area contributed by atoms with Crippen molar-refractivity contribution < 1.29 is 10.2 Å². The molecule has 0 unspecified atom stereocenters. The Morgan fingerprint density at radius 1 is 0.900 bits per heavy atom. The van der Waals surface area contributed by atoms with E-state index in [1.165, 1.54) is 25.7 Å². The van der Waals surface area contributed by atoms with Crippen LogP contribution in [0.3, 0.4) is 0 Å². The van der Waals surface area contributed by atoms with E-state index in [1.807, 2.05) is 6.07 Å². The predicted octanol–water partition coefficient (Wildman–Crippen LogP) is 3.96. The number of aromatic hydroxyl groups is 2. The summed E-state index contributed by atoms with van der Waals surface area (Å²) in [5.41, 5.74) is 1.08. The van der Waals surface area contributed by atoms with Crippen molar-refractivity contribution in [2.45, 2.75) is 46.0 Å². The molecule has 0 heterocycles. The van der Waals surface area contributed by atoms with E-state index in [1.54, 1.807) is 12.1 Å². The number of phenolic OH excluding ortho intramolecular Hbond substituents is 2. The topological polar surface area (TPSA) is 43.7 Å². The van der Waals surface area contributed by atoms with Crippen molar-refractivity contribution in [2.24, 2.45) is 0 Å². The molecule has 0 saturated carbocycles. The molecule has 1 rings (SSSR count). The maximum absolute atomic E-state index is 9.48. The van der Waals surface area contributed by atoms with Crippen LogP contribution in [0.1, 0.15) is 45.1 Å². The van der Waals surface area contributed by atoms with E-state index in [-0.39, 0.29) is 23.9 Å². The molecule has 0 aliphatic carbocycles. The maximum Gasteiger partial charge on any atom is 0.157 e. The van der Waals surface area contributed by atoms with Gasteiger partial charge in [-0.2, -0.15) is 0 Å². The minimum atomic E-state index is -0.0439. The van der Waals surface area contributed by atoms with E-state index in [9.17, 15) is 10.2 Å². The third kappa shape index (κ3) is 7.01. The second-order valence-electron chi connectivity index (χ2n) is 5.12. The van der Waals surface area contributed by atoms with Crippen LogP contribution >= 0.6 is 12.4 Å². The van der Waals surface area contributed by atoms with Gasteiger partial charge in [-0.15, -0.1) is 12.4 Å². The predicted molar refractivity (Wildman–Crippen MR) is 87.0 cm³/mol. The van der Waals surface area contributed by atoms with E-state index in [0.29, 0.717) is 0 Å². The Labute approximate surface area is 129 Å². The average Bonchev–Trinajstić information content (AvgIpc) is 2.41. The van der Waals surface area contributed by atoms with Gasteiger partial charge in [0.25, 0.3) is 0 Å². The summed E-state index contributed by atoms with van der Waals surface area (Å²) < 4.78 is 0. The number of hydrogen-bond acceptors (Lipinski definition) is 3. The van der Waals surface area contributed by atoms with Gasteiger partial charge in [-0.25, -0.2) is 0 Å². The number of nitrogens with zero attached hydrogens (tertiary/aromatic N) is 1. The number of hydrogen-bond donors (Lipinski definition) is 2. The molecule has 0 bridgehead atoms. The first kappa shape index (κ1) is 19.1. The summed E-state index contributed by atoms with van der Waals surface area (Å²) in [7, 11) is 0. The van der Waals surface area contributed by atoms with Gasteiger partial charge in [0, 0.05) is 6.54 Å². The number of benzene rings is 1. The Balaban J connectivity index is 0.00000361. The standard InChI is InChI=1S/C16H27NO2.ClH/c1-3-5-10-17(11-6-4-2)12-9-14-7-8-15(18)16(19)13-14;/h7-8,13,18-19H,3-6,9-12H2,1-2H3;1H. The molecule has 0 atom stereocenters. The van der Waals surface area contributed by atoms with Crippen LogP contribution in [0, 0.1) is 0 Å². The Kier molecular flexibility index (Phi) is 10.3. The van der Waals surface area contributed by atoms with Crippen molar-refractivity contribution in [1.29, 1.82) is 0 Å². The molecule has 0 saturated heterocycles. The molecule has 0 fully saturated rings. The van der Waals surface area contributed by atoms with Crippen molar-refractivity contribution >= 4 is 12.4 Å². The molecule has 3 nitrogen and oxygen atoms in total. The molecule has 0 amide bonds. The minimum Gasteiger partial charge on any atom is -0.504 e. The Bertz CT molecular complexity index is 363. The van der Waals surface area contributed by atoms with E-state index in [2.05, 4.69) is 18.7 Å². The average molecular weight is 302 g/mol. The first-order valence-corrected chi connectivity index (χ1v) is 7.40. The first-order chi connectivity index (χ1) is 9.17. The molecular weight excluding hydrogens is 274 g/mol.